The lowest BCUT2D eigenvalue weighted by Gasteiger charge is -2.41. The molecule has 2 atom stereocenters. The first-order valence-electron chi connectivity index (χ1n) is 7.87. The number of amides is 1. The van der Waals surface area contributed by atoms with E-state index >= 15 is 0 Å². The van der Waals surface area contributed by atoms with Crippen molar-refractivity contribution in [2.24, 2.45) is 0 Å². The number of carbonyl (C=O) groups excluding carboxylic acids is 1. The zero-order valence-corrected chi connectivity index (χ0v) is 14.0. The second-order valence-electron chi connectivity index (χ2n) is 6.15. The molecule has 2 aliphatic rings. The summed E-state index contributed by atoms with van der Waals surface area (Å²) in [5.74, 6) is 0.131. The summed E-state index contributed by atoms with van der Waals surface area (Å²) >= 11 is 0. The van der Waals surface area contributed by atoms with Crippen molar-refractivity contribution in [2.75, 3.05) is 6.54 Å². The molecule has 4 heteroatoms. The Kier molecular flexibility index (Phi) is 3.46. The molecule has 0 aliphatic carbocycles. The van der Waals surface area contributed by atoms with Crippen LogP contribution < -0.4 is 0 Å². The zero-order chi connectivity index (χ0) is 15.9. The molecule has 0 bridgehead atoms. The van der Waals surface area contributed by atoms with Crippen LogP contribution in [0.25, 0.3) is 0 Å². The molecular formula is C19H19N2OP. The quantitative estimate of drug-likeness (QED) is 0.790. The number of benzene rings is 2. The van der Waals surface area contributed by atoms with E-state index in [1.807, 2.05) is 41.3 Å². The monoisotopic (exact) mass is 322 g/mol. The Bertz CT molecular complexity index is 774. The van der Waals surface area contributed by atoms with Gasteiger partial charge in [-0.25, -0.2) is 0 Å². The van der Waals surface area contributed by atoms with Gasteiger partial charge in [0.15, 0.2) is 0 Å². The minimum absolute atomic E-state index is 0.131. The highest BCUT2D eigenvalue weighted by Gasteiger charge is 2.48. The van der Waals surface area contributed by atoms with Gasteiger partial charge in [0.1, 0.15) is 0 Å². The van der Waals surface area contributed by atoms with Gasteiger partial charge in [0.25, 0.3) is 5.91 Å². The van der Waals surface area contributed by atoms with E-state index in [2.05, 4.69) is 44.5 Å². The average Bonchev–Trinajstić information content (AvgIpc) is 2.82. The van der Waals surface area contributed by atoms with Crippen LogP contribution in [0.4, 0.5) is 0 Å². The second kappa shape index (κ2) is 5.50. The molecule has 2 aromatic rings. The van der Waals surface area contributed by atoms with Crippen LogP contribution in [0.5, 0.6) is 0 Å². The third-order valence-corrected chi connectivity index (χ3v) is 5.26. The van der Waals surface area contributed by atoms with E-state index in [0.717, 1.165) is 29.7 Å². The molecule has 2 unspecified atom stereocenters. The molecule has 1 amide bonds. The van der Waals surface area contributed by atoms with Gasteiger partial charge < -0.3 is 9.57 Å². The van der Waals surface area contributed by atoms with Crippen LogP contribution in [-0.2, 0) is 12.1 Å². The Balaban J connectivity index is 1.81. The number of nitrogens with zero attached hydrogens (tertiary/aromatic N) is 2. The minimum Gasteiger partial charge on any atom is -0.362 e. The van der Waals surface area contributed by atoms with Crippen LogP contribution in [0, 0.1) is 0 Å². The molecule has 0 radical (unpaired) electrons. The Hall–Kier alpha value is -2.12. The second-order valence-corrected chi connectivity index (χ2v) is 6.81. The first-order valence-corrected chi connectivity index (χ1v) is 8.38. The first kappa shape index (κ1) is 14.5. The van der Waals surface area contributed by atoms with Crippen LogP contribution in [0.15, 0.2) is 66.9 Å². The van der Waals surface area contributed by atoms with E-state index in [4.69, 9.17) is 0 Å². The molecule has 2 aromatic carbocycles. The third-order valence-electron chi connectivity index (χ3n) is 4.83. The van der Waals surface area contributed by atoms with Crippen molar-refractivity contribution >= 4 is 15.3 Å². The Labute approximate surface area is 138 Å². The molecule has 0 saturated carbocycles. The van der Waals surface area contributed by atoms with Gasteiger partial charge in [-0.2, -0.15) is 0 Å². The van der Waals surface area contributed by atoms with Gasteiger partial charge in [0.2, 0.25) is 0 Å². The van der Waals surface area contributed by atoms with Gasteiger partial charge in [-0.15, -0.1) is 0 Å². The SMILES string of the molecule is O=C1c2ccccc2C2(C=CN(P)CC2)N1Cc1ccccc1. The molecule has 1 spiro atoms. The molecule has 0 saturated heterocycles. The fourth-order valence-corrected chi connectivity index (χ4v) is 3.84. The summed E-state index contributed by atoms with van der Waals surface area (Å²) in [4.78, 5) is 15.1. The summed E-state index contributed by atoms with van der Waals surface area (Å²) in [7, 11) is 2.71. The molecule has 2 heterocycles. The van der Waals surface area contributed by atoms with E-state index in [1.54, 1.807) is 0 Å². The van der Waals surface area contributed by atoms with Gasteiger partial charge in [-0.05, 0) is 39.1 Å². The zero-order valence-electron chi connectivity index (χ0n) is 12.9. The van der Waals surface area contributed by atoms with Crippen LogP contribution in [0.3, 0.4) is 0 Å². The summed E-state index contributed by atoms with van der Waals surface area (Å²) in [5.41, 5.74) is 2.81. The number of rotatable bonds is 2. The first-order chi connectivity index (χ1) is 11.2. The third kappa shape index (κ3) is 2.27. The summed E-state index contributed by atoms with van der Waals surface area (Å²) in [5, 5.41) is 0. The van der Waals surface area contributed by atoms with Crippen molar-refractivity contribution in [3.8, 4) is 0 Å². The van der Waals surface area contributed by atoms with Crippen molar-refractivity contribution in [3.63, 3.8) is 0 Å². The standard InChI is InChI=1S/C19H19N2OP/c22-18-16-8-4-5-9-17(16)19(10-12-20(23)13-11-19)21(18)14-15-6-2-1-3-7-15/h1-10,12H,11,13-14,23H2. The predicted molar refractivity (Wildman–Crippen MR) is 94.6 cm³/mol. The van der Waals surface area contributed by atoms with Gasteiger partial charge >= 0.3 is 0 Å². The van der Waals surface area contributed by atoms with Crippen molar-refractivity contribution in [1.82, 2.24) is 9.57 Å². The maximum atomic E-state index is 13.0. The predicted octanol–water partition coefficient (Wildman–Crippen LogP) is 3.55. The molecular weight excluding hydrogens is 303 g/mol. The molecule has 4 rings (SSSR count). The van der Waals surface area contributed by atoms with Gasteiger partial charge in [0, 0.05) is 24.9 Å². The summed E-state index contributed by atoms with van der Waals surface area (Å²) in [6.45, 7) is 1.55. The average molecular weight is 322 g/mol. The van der Waals surface area contributed by atoms with Gasteiger partial charge in [0.05, 0.1) is 5.54 Å². The largest absolute Gasteiger partial charge is 0.362 e. The molecule has 2 aliphatic heterocycles. The van der Waals surface area contributed by atoms with Gasteiger partial charge in [-0.3, -0.25) is 4.79 Å². The molecule has 0 aromatic heterocycles. The van der Waals surface area contributed by atoms with Crippen molar-refractivity contribution in [2.45, 2.75) is 18.5 Å². The lowest BCUT2D eigenvalue weighted by molar-refractivity contribution is 0.0578. The Morgan fingerprint density at radius 2 is 1.78 bits per heavy atom. The lowest BCUT2D eigenvalue weighted by atomic mass is 9.84. The molecule has 0 N–H and O–H groups in total. The van der Waals surface area contributed by atoms with E-state index < -0.39 is 0 Å². The summed E-state index contributed by atoms with van der Waals surface area (Å²) in [6, 6.07) is 18.2. The number of fused-ring (bicyclic) bond motifs is 2. The highest BCUT2D eigenvalue weighted by molar-refractivity contribution is 7.13. The normalized spacial score (nSPS) is 22.7. The molecule has 3 nitrogen and oxygen atoms in total. The Morgan fingerprint density at radius 1 is 1.04 bits per heavy atom. The Morgan fingerprint density at radius 3 is 2.52 bits per heavy atom. The maximum Gasteiger partial charge on any atom is 0.255 e. The summed E-state index contributed by atoms with van der Waals surface area (Å²) < 4.78 is 2.09. The van der Waals surface area contributed by atoms with E-state index in [1.165, 1.54) is 0 Å². The van der Waals surface area contributed by atoms with Crippen LogP contribution in [0.2, 0.25) is 0 Å². The highest BCUT2D eigenvalue weighted by atomic mass is 31.0. The fourth-order valence-electron chi connectivity index (χ4n) is 3.62. The molecule has 116 valence electrons. The van der Waals surface area contributed by atoms with E-state index in [9.17, 15) is 4.79 Å². The van der Waals surface area contributed by atoms with Crippen molar-refractivity contribution in [3.05, 3.63) is 83.6 Å². The van der Waals surface area contributed by atoms with Crippen LogP contribution >= 0.6 is 9.39 Å². The van der Waals surface area contributed by atoms with E-state index in [0.29, 0.717) is 6.54 Å². The number of hydrogen-bond acceptors (Lipinski definition) is 2. The molecule has 0 fully saturated rings. The topological polar surface area (TPSA) is 23.6 Å². The highest BCUT2D eigenvalue weighted by Crippen LogP contribution is 2.45. The lowest BCUT2D eigenvalue weighted by Crippen LogP contribution is -2.45. The van der Waals surface area contributed by atoms with Crippen molar-refractivity contribution < 1.29 is 4.79 Å². The minimum atomic E-state index is -0.323. The fraction of sp³-hybridized carbons (Fsp3) is 0.211. The number of carbonyl (C=O) groups is 1. The maximum absolute atomic E-state index is 13.0. The van der Waals surface area contributed by atoms with E-state index in [-0.39, 0.29) is 11.4 Å². The number of hydrogen-bond donors (Lipinski definition) is 0. The molecule has 23 heavy (non-hydrogen) atoms. The van der Waals surface area contributed by atoms with Crippen molar-refractivity contribution in [1.29, 1.82) is 0 Å². The van der Waals surface area contributed by atoms with Gasteiger partial charge in [-0.1, -0.05) is 48.5 Å². The van der Waals surface area contributed by atoms with Crippen LogP contribution in [0.1, 0.15) is 27.9 Å². The van der Waals surface area contributed by atoms with Crippen LogP contribution in [-0.4, -0.2) is 22.0 Å². The smallest absolute Gasteiger partial charge is 0.255 e. The summed E-state index contributed by atoms with van der Waals surface area (Å²) in [6.07, 6.45) is 5.15.